The van der Waals surface area contributed by atoms with Gasteiger partial charge in [-0.2, -0.15) is 13.2 Å². The number of pyridine rings is 1. The van der Waals surface area contributed by atoms with Gasteiger partial charge in [-0.1, -0.05) is 38.8 Å². The van der Waals surface area contributed by atoms with Gasteiger partial charge < -0.3 is 33.9 Å². The van der Waals surface area contributed by atoms with Gasteiger partial charge in [-0.25, -0.2) is 5.43 Å². The van der Waals surface area contributed by atoms with Gasteiger partial charge >= 0.3 is 12.1 Å². The number of nitrogens with one attached hydrogen (secondary N) is 3. The number of piperazine rings is 1. The number of nitrogens with zero attached hydrogens (tertiary/aromatic N) is 8. The number of ether oxygens (including phenoxy) is 3. The zero-order chi connectivity index (χ0) is 58.2. The van der Waals surface area contributed by atoms with E-state index >= 15 is 22.8 Å². The second kappa shape index (κ2) is 23.2. The maximum absolute atomic E-state index is 15.3. The van der Waals surface area contributed by atoms with E-state index < -0.39 is 48.3 Å². The maximum Gasteiger partial charge on any atom is 0.406 e. The van der Waals surface area contributed by atoms with Crippen LogP contribution in [0.15, 0.2) is 36.5 Å². The summed E-state index contributed by atoms with van der Waals surface area (Å²) < 4.78 is 65.3. The van der Waals surface area contributed by atoms with E-state index in [4.69, 9.17) is 19.2 Å². The molecule has 18 nitrogen and oxygen atoms in total. The van der Waals surface area contributed by atoms with Crippen molar-refractivity contribution >= 4 is 45.9 Å². The molecular weight excluding hydrogens is 1080 g/mol. The van der Waals surface area contributed by atoms with E-state index in [1.165, 1.54) is 22.4 Å². The summed E-state index contributed by atoms with van der Waals surface area (Å²) in [5.74, 6) is -0.0301. The van der Waals surface area contributed by atoms with E-state index in [9.17, 15) is 9.59 Å². The smallest absolute Gasteiger partial charge is 0.406 e. The van der Waals surface area contributed by atoms with Crippen LogP contribution in [0, 0.1) is 22.7 Å². The average molecular weight is 1170 g/mol. The number of rotatable bonds is 11. The van der Waals surface area contributed by atoms with Crippen LogP contribution >= 0.6 is 0 Å². The van der Waals surface area contributed by atoms with Crippen LogP contribution in [0.3, 0.4) is 0 Å². The van der Waals surface area contributed by atoms with Gasteiger partial charge in [0.25, 0.3) is 5.91 Å². The number of hydrogen-bond donors (Lipinski definition) is 3. The quantitative estimate of drug-likeness (QED) is 0.152. The van der Waals surface area contributed by atoms with Gasteiger partial charge in [0.15, 0.2) is 0 Å². The monoisotopic (exact) mass is 1170 g/mol. The minimum absolute atomic E-state index is 0.0531. The van der Waals surface area contributed by atoms with Crippen molar-refractivity contribution < 1.29 is 46.6 Å². The van der Waals surface area contributed by atoms with Crippen LogP contribution in [0.1, 0.15) is 114 Å². The molecule has 2 saturated carbocycles. The molecule has 13 rings (SSSR count). The molecule has 10 aliphatic rings. The Morgan fingerprint density at radius 1 is 0.952 bits per heavy atom. The SMILES string of the molecule is CO[C@@H](C)c1ncc(N2CCN3CCOC[C@@H]3C2)cc1-c1c2c3cc(ccc3n1CC(F)(F)F)C1=CCCN(C1)C[C@H](NC(=O)[C@H](C1CCCC1)N1CC[C@]3(CCN(C(=O)[C@@H]4N[C@@H]4C4CC4)C3)C1)C(=O)N1CCC[C@H](N1)C(=O)OCC(C)(C)C2. The lowest BCUT2D eigenvalue weighted by molar-refractivity contribution is -0.155. The summed E-state index contributed by atoms with van der Waals surface area (Å²) in [4.78, 5) is 74.9. The fourth-order valence-electron chi connectivity index (χ4n) is 15.8. The second-order valence-electron chi connectivity index (χ2n) is 27.3. The molecule has 1 spiro atoms. The summed E-state index contributed by atoms with van der Waals surface area (Å²) in [6.07, 6.45) is 8.82. The molecule has 456 valence electrons. The molecule has 1 aromatic carbocycles. The highest BCUT2D eigenvalue weighted by Gasteiger charge is 2.55. The predicted octanol–water partition coefficient (Wildman–Crippen LogP) is 5.92. The molecule has 3 N–H and O–H groups in total. The number of methoxy groups -OCH3 is 1. The molecule has 10 heterocycles. The van der Waals surface area contributed by atoms with Crippen molar-refractivity contribution in [2.24, 2.45) is 22.7 Å². The van der Waals surface area contributed by atoms with Crippen molar-refractivity contribution in [3.8, 4) is 11.3 Å². The highest BCUT2D eigenvalue weighted by molar-refractivity contribution is 5.95. The van der Waals surface area contributed by atoms with E-state index in [2.05, 4.69) is 46.6 Å². The second-order valence-corrected chi connectivity index (χ2v) is 27.3. The Morgan fingerprint density at radius 2 is 1.77 bits per heavy atom. The van der Waals surface area contributed by atoms with E-state index in [-0.39, 0.29) is 60.7 Å². The summed E-state index contributed by atoms with van der Waals surface area (Å²) in [5, 5.41) is 8.98. The number of alkyl halides is 3. The Bertz CT molecular complexity index is 3030. The van der Waals surface area contributed by atoms with Gasteiger partial charge in [0.05, 0.1) is 61.3 Å². The molecule has 0 radical (unpaired) electrons. The van der Waals surface area contributed by atoms with Crippen LogP contribution in [0.25, 0.3) is 27.7 Å². The molecule has 8 fully saturated rings. The lowest BCUT2D eigenvalue weighted by atomic mass is 9.84. The molecule has 3 aromatic rings. The van der Waals surface area contributed by atoms with Crippen LogP contribution in [-0.2, 0) is 46.4 Å². The molecule has 21 heteroatoms. The van der Waals surface area contributed by atoms with Gasteiger partial charge in [-0.05, 0) is 124 Å². The average Bonchev–Trinajstić information content (AvgIpc) is 1.94. The predicted molar refractivity (Wildman–Crippen MR) is 311 cm³/mol. The molecule has 6 saturated heterocycles. The van der Waals surface area contributed by atoms with Crippen LogP contribution in [-0.4, -0.2) is 206 Å². The molecule has 3 amide bonds. The largest absolute Gasteiger partial charge is 0.464 e. The van der Waals surface area contributed by atoms with E-state index in [0.29, 0.717) is 111 Å². The summed E-state index contributed by atoms with van der Waals surface area (Å²) >= 11 is 0. The highest BCUT2D eigenvalue weighted by atomic mass is 19.4. The van der Waals surface area contributed by atoms with Crippen LogP contribution < -0.4 is 21.0 Å². The zero-order valence-corrected chi connectivity index (χ0v) is 49.5. The first-order valence-electron chi connectivity index (χ1n) is 31.5. The number of esters is 1. The summed E-state index contributed by atoms with van der Waals surface area (Å²) in [6.45, 7) is 13.4. The summed E-state index contributed by atoms with van der Waals surface area (Å²) in [7, 11) is 1.58. The third-order valence-corrected chi connectivity index (χ3v) is 20.6. The van der Waals surface area contributed by atoms with Gasteiger partial charge in [-0.15, -0.1) is 0 Å². The molecule has 2 aromatic heterocycles. The summed E-state index contributed by atoms with van der Waals surface area (Å²) in [6, 6.07) is 5.92. The van der Waals surface area contributed by atoms with Crippen molar-refractivity contribution in [1.29, 1.82) is 0 Å². The number of hydrazine groups is 1. The Balaban J connectivity index is 0.834. The Hall–Kier alpha value is -5.16. The van der Waals surface area contributed by atoms with E-state index in [0.717, 1.165) is 94.6 Å². The molecular formula is C63H86F3N11O7. The lowest BCUT2D eigenvalue weighted by Crippen LogP contribution is -2.63. The molecule has 6 bridgehead atoms. The number of halogens is 3. The van der Waals surface area contributed by atoms with Gasteiger partial charge in [-0.3, -0.25) is 49.2 Å². The number of amides is 3. The first kappa shape index (κ1) is 57.9. The molecule has 84 heavy (non-hydrogen) atoms. The highest BCUT2D eigenvalue weighted by Crippen LogP contribution is 2.47. The Kier molecular flexibility index (Phi) is 16.0. The van der Waals surface area contributed by atoms with Crippen molar-refractivity contribution in [1.82, 2.24) is 50.2 Å². The molecule has 2 aliphatic carbocycles. The van der Waals surface area contributed by atoms with Crippen LogP contribution in [0.5, 0.6) is 0 Å². The third kappa shape index (κ3) is 11.9. The fourth-order valence-corrected chi connectivity index (χ4v) is 15.8. The standard InChI is InChI=1S/C63H86F3N11O7/c1-39(82-4)52-47(28-44(30-67-52)73-24-23-72-25-26-83-34-45(72)32-73)56-48-29-61(2,3)38-84-60(81)49-12-8-20-77(70-49)58(79)50(33-71-19-7-11-43(31-71)42-15-16-51(46(48)27-42)76(56)37-63(64,65)66)68-57(78)55(41-9-5-6-10-41)74-21-17-62(35-74)18-22-75(36-62)59(80)54-53(69-54)40-13-14-40/h11,15-16,27-28,30,39-41,45,49-50,53-55,69-70H,5-10,12-14,17-26,29,31-38H2,1-4H3,(H,68,78)/t39-,45-,49-,50-,53+,54+,55-,62-/m0/s1. The molecule has 9 atom stereocenters. The van der Waals surface area contributed by atoms with Gasteiger partial charge in [0.1, 0.15) is 24.7 Å². The first-order valence-corrected chi connectivity index (χ1v) is 31.5. The number of hydrogen-bond acceptors (Lipinski definition) is 14. The minimum atomic E-state index is -4.60. The summed E-state index contributed by atoms with van der Waals surface area (Å²) in [5.41, 5.74) is 7.55. The minimum Gasteiger partial charge on any atom is -0.464 e. The van der Waals surface area contributed by atoms with Crippen molar-refractivity contribution in [3.63, 3.8) is 0 Å². The van der Waals surface area contributed by atoms with Gasteiger partial charge in [0.2, 0.25) is 11.8 Å². The Labute approximate surface area is 491 Å². The normalized spacial score (nSPS) is 30.8. The van der Waals surface area contributed by atoms with Crippen molar-refractivity contribution in [2.45, 2.75) is 153 Å². The number of fused-ring (bicyclic) bond motifs is 7. The number of morpholine rings is 1. The first-order chi connectivity index (χ1) is 40.4. The van der Waals surface area contributed by atoms with Gasteiger partial charge in [0, 0.05) is 112 Å². The lowest BCUT2D eigenvalue weighted by Gasteiger charge is -2.44. The number of carbonyl (C=O) groups excluding carboxylic acids is 4. The Morgan fingerprint density at radius 3 is 2.57 bits per heavy atom. The number of carbonyl (C=O) groups is 4. The number of likely N-dealkylation sites (tertiary alicyclic amines) is 2. The van der Waals surface area contributed by atoms with Crippen molar-refractivity contribution in [3.05, 3.63) is 53.4 Å². The maximum atomic E-state index is 15.3. The zero-order valence-electron chi connectivity index (χ0n) is 49.5. The number of benzene rings is 1. The number of anilines is 1. The fraction of sp³-hybridized carbons (Fsp3) is 0.698. The number of cyclic esters (lactones) is 1. The van der Waals surface area contributed by atoms with Crippen molar-refractivity contribution in [2.75, 3.05) is 110 Å². The van der Waals surface area contributed by atoms with E-state index in [1.807, 2.05) is 51.2 Å². The third-order valence-electron chi connectivity index (χ3n) is 20.6. The topological polar surface area (TPSA) is 179 Å². The van der Waals surface area contributed by atoms with Crippen LogP contribution in [0.4, 0.5) is 18.9 Å². The van der Waals surface area contributed by atoms with Crippen LogP contribution in [0.2, 0.25) is 0 Å². The molecule has 8 aliphatic heterocycles. The number of aromatic nitrogens is 2. The molecule has 1 unspecified atom stereocenters. The van der Waals surface area contributed by atoms with E-state index in [1.54, 1.807) is 7.11 Å².